The zero-order chi connectivity index (χ0) is 18.1. The highest BCUT2D eigenvalue weighted by Gasteiger charge is 2.28. The number of aryl methyl sites for hydroxylation is 1. The molecule has 1 aliphatic heterocycles. The number of rotatable bonds is 3. The highest BCUT2D eigenvalue weighted by atomic mass is 16.2. The number of hydrogen-bond acceptors (Lipinski definition) is 6. The number of likely N-dealkylation sites (tertiary alicyclic amines) is 1. The molecule has 0 radical (unpaired) electrons. The van der Waals surface area contributed by atoms with Crippen LogP contribution in [0.5, 0.6) is 0 Å². The molecule has 3 aromatic rings. The molecule has 0 aliphatic carbocycles. The van der Waals surface area contributed by atoms with Gasteiger partial charge in [0, 0.05) is 32.4 Å². The van der Waals surface area contributed by atoms with Crippen molar-refractivity contribution in [3.8, 4) is 0 Å². The maximum absolute atomic E-state index is 12.9. The van der Waals surface area contributed by atoms with Crippen LogP contribution in [0.1, 0.15) is 28.9 Å². The summed E-state index contributed by atoms with van der Waals surface area (Å²) in [5, 5.41) is 16.7. The normalized spacial score (nSPS) is 15.4. The number of nitrogens with zero attached hydrogens (tertiary/aromatic N) is 7. The van der Waals surface area contributed by atoms with E-state index >= 15 is 0 Å². The minimum Gasteiger partial charge on any atom is -0.355 e. The third kappa shape index (κ3) is 2.98. The minimum atomic E-state index is 0.0178. The summed E-state index contributed by atoms with van der Waals surface area (Å²) in [6.07, 6.45) is 5.05. The molecule has 3 aromatic heterocycles. The molecule has 4 rings (SSSR count). The SMILES string of the molecule is Cc1ccc(N(C)C2CCN(C(=O)c3cnn4ncccc34)CC2)nn1. The quantitative estimate of drug-likeness (QED) is 0.713. The number of piperidine rings is 1. The maximum atomic E-state index is 12.9. The second kappa shape index (κ2) is 6.70. The van der Waals surface area contributed by atoms with Gasteiger partial charge in [-0.25, -0.2) is 0 Å². The molecule has 0 bridgehead atoms. The Balaban J connectivity index is 1.43. The van der Waals surface area contributed by atoms with Crippen molar-refractivity contribution in [3.63, 3.8) is 0 Å². The van der Waals surface area contributed by atoms with Crippen LogP contribution in [0, 0.1) is 6.92 Å². The topological polar surface area (TPSA) is 79.5 Å². The molecule has 0 saturated carbocycles. The Kier molecular flexibility index (Phi) is 4.24. The van der Waals surface area contributed by atoms with Crippen LogP contribution >= 0.6 is 0 Å². The second-order valence-electron chi connectivity index (χ2n) is 6.62. The first-order valence-corrected chi connectivity index (χ1v) is 8.75. The van der Waals surface area contributed by atoms with E-state index < -0.39 is 0 Å². The lowest BCUT2D eigenvalue weighted by molar-refractivity contribution is 0.0715. The molecule has 134 valence electrons. The van der Waals surface area contributed by atoms with E-state index in [-0.39, 0.29) is 5.91 Å². The lowest BCUT2D eigenvalue weighted by atomic mass is 10.0. The molecule has 0 spiro atoms. The van der Waals surface area contributed by atoms with Gasteiger partial charge in [0.15, 0.2) is 5.82 Å². The van der Waals surface area contributed by atoms with Gasteiger partial charge in [-0.05, 0) is 44.0 Å². The summed E-state index contributed by atoms with van der Waals surface area (Å²) in [6, 6.07) is 7.99. The molecule has 1 aliphatic rings. The average Bonchev–Trinajstić information content (AvgIpc) is 3.12. The Morgan fingerprint density at radius 1 is 1.15 bits per heavy atom. The summed E-state index contributed by atoms with van der Waals surface area (Å²) in [5.41, 5.74) is 2.26. The maximum Gasteiger partial charge on any atom is 0.257 e. The molecule has 1 saturated heterocycles. The van der Waals surface area contributed by atoms with Gasteiger partial charge in [-0.15, -0.1) is 5.10 Å². The van der Waals surface area contributed by atoms with Gasteiger partial charge < -0.3 is 9.80 Å². The van der Waals surface area contributed by atoms with E-state index in [9.17, 15) is 4.79 Å². The van der Waals surface area contributed by atoms with Crippen LogP contribution in [0.2, 0.25) is 0 Å². The third-order valence-electron chi connectivity index (χ3n) is 4.98. The number of hydrogen-bond donors (Lipinski definition) is 0. The Hall–Kier alpha value is -3.03. The standard InChI is InChI=1S/C18H21N7O/c1-13-5-6-17(22-21-13)23(2)14-7-10-24(11-8-14)18(26)15-12-20-25-16(15)4-3-9-19-25/h3-6,9,12,14H,7-8,10-11H2,1-2H3. The fraction of sp³-hybridized carbons (Fsp3) is 0.389. The number of carbonyl (C=O) groups excluding carboxylic acids is 1. The summed E-state index contributed by atoms with van der Waals surface area (Å²) in [5.74, 6) is 0.887. The second-order valence-corrected chi connectivity index (χ2v) is 6.62. The molecule has 0 unspecified atom stereocenters. The van der Waals surface area contributed by atoms with Crippen LogP contribution in [0.15, 0.2) is 36.7 Å². The largest absolute Gasteiger partial charge is 0.355 e. The molecule has 8 nitrogen and oxygen atoms in total. The summed E-state index contributed by atoms with van der Waals surface area (Å²) in [7, 11) is 2.04. The van der Waals surface area contributed by atoms with E-state index in [2.05, 4.69) is 25.3 Å². The van der Waals surface area contributed by atoms with Crippen molar-refractivity contribution in [2.75, 3.05) is 25.0 Å². The predicted molar refractivity (Wildman–Crippen MR) is 97.1 cm³/mol. The van der Waals surface area contributed by atoms with Crippen molar-refractivity contribution >= 4 is 17.2 Å². The molecule has 0 aromatic carbocycles. The van der Waals surface area contributed by atoms with Gasteiger partial charge in [-0.3, -0.25) is 4.79 Å². The van der Waals surface area contributed by atoms with Crippen LogP contribution in [-0.2, 0) is 0 Å². The Labute approximate surface area is 151 Å². The third-order valence-corrected chi connectivity index (χ3v) is 4.98. The zero-order valence-corrected chi connectivity index (χ0v) is 14.9. The monoisotopic (exact) mass is 351 g/mol. The van der Waals surface area contributed by atoms with E-state index in [1.807, 2.05) is 43.1 Å². The average molecular weight is 351 g/mol. The van der Waals surface area contributed by atoms with Crippen LogP contribution in [0.4, 0.5) is 5.82 Å². The smallest absolute Gasteiger partial charge is 0.257 e. The molecule has 26 heavy (non-hydrogen) atoms. The molecular formula is C18H21N7O. The van der Waals surface area contributed by atoms with Crippen molar-refractivity contribution in [2.24, 2.45) is 0 Å². The van der Waals surface area contributed by atoms with Crippen LogP contribution in [0.3, 0.4) is 0 Å². The van der Waals surface area contributed by atoms with Crippen LogP contribution in [0.25, 0.3) is 5.52 Å². The number of anilines is 1. The van der Waals surface area contributed by atoms with Crippen molar-refractivity contribution < 1.29 is 4.79 Å². The van der Waals surface area contributed by atoms with Gasteiger partial charge >= 0.3 is 0 Å². The summed E-state index contributed by atoms with van der Waals surface area (Å²) >= 11 is 0. The molecule has 0 atom stereocenters. The Morgan fingerprint density at radius 3 is 2.69 bits per heavy atom. The van der Waals surface area contributed by atoms with Crippen molar-refractivity contribution in [1.29, 1.82) is 0 Å². The molecular weight excluding hydrogens is 330 g/mol. The predicted octanol–water partition coefficient (Wildman–Crippen LogP) is 1.57. The van der Waals surface area contributed by atoms with E-state index in [0.29, 0.717) is 24.7 Å². The summed E-state index contributed by atoms with van der Waals surface area (Å²) in [6.45, 7) is 3.35. The number of amides is 1. The zero-order valence-electron chi connectivity index (χ0n) is 14.9. The Bertz CT molecular complexity index is 913. The fourth-order valence-corrected chi connectivity index (χ4v) is 3.39. The van der Waals surface area contributed by atoms with E-state index in [1.54, 1.807) is 12.4 Å². The number of aromatic nitrogens is 5. The van der Waals surface area contributed by atoms with E-state index in [4.69, 9.17) is 0 Å². The highest BCUT2D eigenvalue weighted by molar-refractivity contribution is 6.00. The van der Waals surface area contributed by atoms with Crippen molar-refractivity contribution in [2.45, 2.75) is 25.8 Å². The van der Waals surface area contributed by atoms with E-state index in [0.717, 1.165) is 29.9 Å². The fourth-order valence-electron chi connectivity index (χ4n) is 3.39. The summed E-state index contributed by atoms with van der Waals surface area (Å²) < 4.78 is 1.49. The first kappa shape index (κ1) is 16.4. The number of carbonyl (C=O) groups is 1. The molecule has 4 heterocycles. The Morgan fingerprint density at radius 2 is 1.96 bits per heavy atom. The van der Waals surface area contributed by atoms with Gasteiger partial charge in [0.2, 0.25) is 0 Å². The van der Waals surface area contributed by atoms with Gasteiger partial charge in [-0.2, -0.15) is 19.9 Å². The van der Waals surface area contributed by atoms with Crippen LogP contribution in [-0.4, -0.2) is 62.0 Å². The van der Waals surface area contributed by atoms with Gasteiger partial charge in [-0.1, -0.05) is 0 Å². The van der Waals surface area contributed by atoms with Crippen molar-refractivity contribution in [1.82, 2.24) is 29.9 Å². The molecule has 1 amide bonds. The van der Waals surface area contributed by atoms with E-state index in [1.165, 1.54) is 4.63 Å². The molecule has 0 N–H and O–H groups in total. The molecule has 8 heteroatoms. The van der Waals surface area contributed by atoms with Gasteiger partial charge in [0.05, 0.1) is 17.5 Å². The molecule has 1 fully saturated rings. The van der Waals surface area contributed by atoms with Crippen LogP contribution < -0.4 is 4.90 Å². The van der Waals surface area contributed by atoms with Gasteiger partial charge in [0.1, 0.15) is 5.52 Å². The minimum absolute atomic E-state index is 0.0178. The lowest BCUT2D eigenvalue weighted by Crippen LogP contribution is -2.45. The summed E-state index contributed by atoms with van der Waals surface area (Å²) in [4.78, 5) is 16.9. The number of fused-ring (bicyclic) bond motifs is 1. The van der Waals surface area contributed by atoms with Crippen molar-refractivity contribution in [3.05, 3.63) is 47.9 Å². The lowest BCUT2D eigenvalue weighted by Gasteiger charge is -2.37. The van der Waals surface area contributed by atoms with Gasteiger partial charge in [0.25, 0.3) is 5.91 Å². The highest BCUT2D eigenvalue weighted by Crippen LogP contribution is 2.22. The first-order chi connectivity index (χ1) is 12.6. The first-order valence-electron chi connectivity index (χ1n) is 8.75.